The standard InChI is InChI=1S/C17H21N3O2/c1-10(2)22-13-7-5-12(6-8-13)14-9-15(21)18-17-16(14)11(3)19-20(17)4/h5-8,10,14H,9H2,1-4H3,(H,18,21)/t14-/m0/s1. The molecule has 0 bridgehead atoms. The zero-order chi connectivity index (χ0) is 15.9. The number of ether oxygens (including phenoxy) is 1. The van der Waals surface area contributed by atoms with Crippen LogP contribution < -0.4 is 10.1 Å². The van der Waals surface area contributed by atoms with Crippen LogP contribution in [0.3, 0.4) is 0 Å². The molecule has 5 heteroatoms. The second-order valence-corrected chi connectivity index (χ2v) is 6.01. The summed E-state index contributed by atoms with van der Waals surface area (Å²) in [6, 6.07) is 8.01. The van der Waals surface area contributed by atoms with E-state index >= 15 is 0 Å². The monoisotopic (exact) mass is 299 g/mol. The Bertz CT molecular complexity index is 701. The van der Waals surface area contributed by atoms with Crippen LogP contribution in [0.15, 0.2) is 24.3 Å². The van der Waals surface area contributed by atoms with E-state index < -0.39 is 0 Å². The van der Waals surface area contributed by atoms with Gasteiger partial charge >= 0.3 is 0 Å². The molecule has 1 aromatic carbocycles. The number of carbonyl (C=O) groups is 1. The molecule has 2 aromatic rings. The van der Waals surface area contributed by atoms with Gasteiger partial charge in [0.2, 0.25) is 5.91 Å². The summed E-state index contributed by atoms with van der Waals surface area (Å²) < 4.78 is 7.42. The third-order valence-electron chi connectivity index (χ3n) is 3.92. The molecule has 0 radical (unpaired) electrons. The Hall–Kier alpha value is -2.30. The molecule has 22 heavy (non-hydrogen) atoms. The second-order valence-electron chi connectivity index (χ2n) is 6.01. The van der Waals surface area contributed by atoms with Crippen molar-refractivity contribution in [3.63, 3.8) is 0 Å². The van der Waals surface area contributed by atoms with Gasteiger partial charge in [0.1, 0.15) is 11.6 Å². The van der Waals surface area contributed by atoms with Gasteiger partial charge in [-0.2, -0.15) is 5.10 Å². The van der Waals surface area contributed by atoms with Crippen molar-refractivity contribution in [2.45, 2.75) is 39.2 Å². The summed E-state index contributed by atoms with van der Waals surface area (Å²) in [6.07, 6.45) is 0.600. The molecule has 0 spiro atoms. The van der Waals surface area contributed by atoms with Gasteiger partial charge in [0.05, 0.1) is 11.8 Å². The number of aryl methyl sites for hydroxylation is 2. The van der Waals surface area contributed by atoms with Crippen LogP contribution in [-0.4, -0.2) is 21.8 Å². The molecule has 1 aliphatic heterocycles. The number of nitrogens with one attached hydrogen (secondary N) is 1. The Morgan fingerprint density at radius 1 is 1.32 bits per heavy atom. The molecule has 0 unspecified atom stereocenters. The van der Waals surface area contributed by atoms with Gasteiger partial charge in [-0.15, -0.1) is 0 Å². The van der Waals surface area contributed by atoms with E-state index in [0.29, 0.717) is 6.42 Å². The fourth-order valence-electron chi connectivity index (χ4n) is 3.05. The fraction of sp³-hybridized carbons (Fsp3) is 0.412. The van der Waals surface area contributed by atoms with Crippen molar-refractivity contribution < 1.29 is 9.53 Å². The van der Waals surface area contributed by atoms with Crippen LogP contribution in [0.25, 0.3) is 0 Å². The minimum atomic E-state index is 0.0306. The zero-order valence-corrected chi connectivity index (χ0v) is 13.4. The smallest absolute Gasteiger partial charge is 0.226 e. The van der Waals surface area contributed by atoms with Crippen LogP contribution >= 0.6 is 0 Å². The number of hydrogen-bond acceptors (Lipinski definition) is 3. The Labute approximate surface area is 130 Å². The molecule has 1 aromatic heterocycles. The normalized spacial score (nSPS) is 17.3. The summed E-state index contributed by atoms with van der Waals surface area (Å²) in [5.74, 6) is 1.73. The molecule has 0 saturated heterocycles. The van der Waals surface area contributed by atoms with Gasteiger partial charge in [-0.1, -0.05) is 12.1 Å². The molecule has 1 atom stereocenters. The zero-order valence-electron chi connectivity index (χ0n) is 13.4. The van der Waals surface area contributed by atoms with E-state index in [4.69, 9.17) is 4.74 Å². The first kappa shape index (κ1) is 14.6. The van der Waals surface area contributed by atoms with E-state index in [2.05, 4.69) is 10.4 Å². The highest BCUT2D eigenvalue weighted by Gasteiger charge is 2.31. The molecule has 116 valence electrons. The highest BCUT2D eigenvalue weighted by atomic mass is 16.5. The van der Waals surface area contributed by atoms with Crippen molar-refractivity contribution in [2.75, 3.05) is 5.32 Å². The molecule has 3 rings (SSSR count). The van der Waals surface area contributed by atoms with E-state index in [-0.39, 0.29) is 17.9 Å². The molecule has 1 N–H and O–H groups in total. The quantitative estimate of drug-likeness (QED) is 0.948. The maximum atomic E-state index is 12.0. The molecule has 1 amide bonds. The molecule has 0 fully saturated rings. The van der Waals surface area contributed by atoms with E-state index in [0.717, 1.165) is 28.4 Å². The summed E-state index contributed by atoms with van der Waals surface area (Å²) >= 11 is 0. The van der Waals surface area contributed by atoms with Crippen LogP contribution in [0, 0.1) is 6.92 Å². The Balaban J connectivity index is 1.97. The van der Waals surface area contributed by atoms with Crippen molar-refractivity contribution in [3.8, 4) is 5.75 Å². The summed E-state index contributed by atoms with van der Waals surface area (Å²) in [6.45, 7) is 5.99. The number of hydrogen-bond donors (Lipinski definition) is 1. The summed E-state index contributed by atoms with van der Waals surface area (Å²) in [4.78, 5) is 12.0. The molecule has 5 nitrogen and oxygen atoms in total. The van der Waals surface area contributed by atoms with Gasteiger partial charge < -0.3 is 10.1 Å². The first-order chi connectivity index (χ1) is 10.5. The fourth-order valence-corrected chi connectivity index (χ4v) is 3.05. The average Bonchev–Trinajstić information content (AvgIpc) is 2.73. The minimum absolute atomic E-state index is 0.0306. The number of carbonyl (C=O) groups excluding carboxylic acids is 1. The predicted octanol–water partition coefficient (Wildman–Crippen LogP) is 2.99. The molecule has 1 aliphatic rings. The number of rotatable bonds is 3. The lowest BCUT2D eigenvalue weighted by Crippen LogP contribution is -2.24. The lowest BCUT2D eigenvalue weighted by atomic mass is 9.86. The second kappa shape index (κ2) is 5.48. The number of fused-ring (bicyclic) bond motifs is 1. The molecular weight excluding hydrogens is 278 g/mol. The number of benzene rings is 1. The largest absolute Gasteiger partial charge is 0.491 e. The Morgan fingerprint density at radius 3 is 2.64 bits per heavy atom. The average molecular weight is 299 g/mol. The highest BCUT2D eigenvalue weighted by Crippen LogP contribution is 2.39. The highest BCUT2D eigenvalue weighted by molar-refractivity contribution is 5.94. The van der Waals surface area contributed by atoms with Gasteiger partial charge in [-0.3, -0.25) is 9.48 Å². The lowest BCUT2D eigenvalue weighted by Gasteiger charge is -2.24. The van der Waals surface area contributed by atoms with Crippen molar-refractivity contribution in [3.05, 3.63) is 41.1 Å². The van der Waals surface area contributed by atoms with Crippen LogP contribution in [0.4, 0.5) is 5.82 Å². The van der Waals surface area contributed by atoms with Crippen LogP contribution in [0.2, 0.25) is 0 Å². The Kier molecular flexibility index (Phi) is 3.64. The van der Waals surface area contributed by atoms with Crippen molar-refractivity contribution >= 4 is 11.7 Å². The van der Waals surface area contributed by atoms with Gasteiger partial charge in [-0.05, 0) is 38.5 Å². The van der Waals surface area contributed by atoms with Gasteiger partial charge in [0.25, 0.3) is 0 Å². The van der Waals surface area contributed by atoms with Crippen molar-refractivity contribution in [2.24, 2.45) is 7.05 Å². The Morgan fingerprint density at radius 2 is 2.00 bits per heavy atom. The molecule has 0 aliphatic carbocycles. The number of aromatic nitrogens is 2. The van der Waals surface area contributed by atoms with Crippen molar-refractivity contribution in [1.82, 2.24) is 9.78 Å². The first-order valence-corrected chi connectivity index (χ1v) is 7.55. The summed E-state index contributed by atoms with van der Waals surface area (Å²) in [5, 5.41) is 7.36. The van der Waals surface area contributed by atoms with Crippen LogP contribution in [0.1, 0.15) is 43.0 Å². The van der Waals surface area contributed by atoms with Crippen LogP contribution in [-0.2, 0) is 11.8 Å². The van der Waals surface area contributed by atoms with Gasteiger partial charge in [0, 0.05) is 24.9 Å². The molecular formula is C17H21N3O2. The van der Waals surface area contributed by atoms with E-state index in [9.17, 15) is 4.79 Å². The third kappa shape index (κ3) is 2.58. The van der Waals surface area contributed by atoms with E-state index in [1.54, 1.807) is 4.68 Å². The SMILES string of the molecule is Cc1nn(C)c2c1[C@H](c1ccc(OC(C)C)cc1)CC(=O)N2. The van der Waals surface area contributed by atoms with Gasteiger partial charge in [-0.25, -0.2) is 0 Å². The topological polar surface area (TPSA) is 56.2 Å². The maximum Gasteiger partial charge on any atom is 0.226 e. The lowest BCUT2D eigenvalue weighted by molar-refractivity contribution is -0.116. The number of nitrogens with zero attached hydrogens (tertiary/aromatic N) is 2. The first-order valence-electron chi connectivity index (χ1n) is 7.55. The van der Waals surface area contributed by atoms with Gasteiger partial charge in [0.15, 0.2) is 0 Å². The molecule has 2 heterocycles. The maximum absolute atomic E-state index is 12.0. The number of amides is 1. The number of anilines is 1. The van der Waals surface area contributed by atoms with Crippen LogP contribution in [0.5, 0.6) is 5.75 Å². The summed E-state index contributed by atoms with van der Waals surface area (Å²) in [5.41, 5.74) is 3.19. The predicted molar refractivity (Wildman–Crippen MR) is 85.2 cm³/mol. The van der Waals surface area contributed by atoms with E-state index in [1.165, 1.54) is 0 Å². The third-order valence-corrected chi connectivity index (χ3v) is 3.92. The van der Waals surface area contributed by atoms with Crippen molar-refractivity contribution in [1.29, 1.82) is 0 Å². The minimum Gasteiger partial charge on any atom is -0.491 e. The van der Waals surface area contributed by atoms with E-state index in [1.807, 2.05) is 52.1 Å². The molecule has 0 saturated carbocycles. The summed E-state index contributed by atoms with van der Waals surface area (Å²) in [7, 11) is 1.86.